The van der Waals surface area contributed by atoms with E-state index in [1.807, 2.05) is 16.9 Å². The fraction of sp³-hybridized carbons (Fsp3) is 0.500. The molecule has 2 aliphatic carbocycles. The number of rotatable bonds is 4. The molecule has 4 heterocycles. The summed E-state index contributed by atoms with van der Waals surface area (Å²) in [6, 6.07) is 10.7. The molecule has 7 rings (SSSR count). The molecule has 31 heavy (non-hydrogen) atoms. The first-order valence-electron chi connectivity index (χ1n) is 11.4. The van der Waals surface area contributed by atoms with E-state index in [1.54, 1.807) is 0 Å². The molecule has 2 saturated carbocycles. The second-order valence-corrected chi connectivity index (χ2v) is 9.71. The van der Waals surface area contributed by atoms with Crippen LogP contribution in [0, 0.1) is 11.4 Å². The van der Waals surface area contributed by atoms with Crippen LogP contribution in [-0.2, 0) is 4.74 Å². The van der Waals surface area contributed by atoms with E-state index in [-0.39, 0.29) is 0 Å². The first kappa shape index (κ1) is 18.1. The third-order valence-corrected chi connectivity index (χ3v) is 7.86. The van der Waals surface area contributed by atoms with Gasteiger partial charge in [-0.15, -0.1) is 0 Å². The standard InChI is InChI=1S/C24H26FN5O/c25-22-10-18(11-23(27-22)29-7-5-28(6-8-29)19-14-31-15-19)30-21-9-16(1-2-17(21)13-26-30)20-12-24(20)3-4-24/h1-2,9-11,13,19-20H,3-8,12,14-15H2. The summed E-state index contributed by atoms with van der Waals surface area (Å²) in [7, 11) is 0. The number of anilines is 1. The Morgan fingerprint density at radius 3 is 2.58 bits per heavy atom. The molecule has 4 aliphatic rings. The summed E-state index contributed by atoms with van der Waals surface area (Å²) in [6.07, 6.45) is 5.93. The van der Waals surface area contributed by atoms with Crippen molar-refractivity contribution < 1.29 is 9.13 Å². The Morgan fingerprint density at radius 1 is 1.03 bits per heavy atom. The molecule has 0 N–H and O–H groups in total. The van der Waals surface area contributed by atoms with E-state index in [0.29, 0.717) is 23.2 Å². The molecule has 1 aromatic carbocycles. The highest BCUT2D eigenvalue weighted by atomic mass is 19.1. The molecule has 4 fully saturated rings. The van der Waals surface area contributed by atoms with Gasteiger partial charge >= 0.3 is 0 Å². The second kappa shape index (κ2) is 6.50. The number of aromatic nitrogens is 3. The minimum absolute atomic E-state index is 0.457. The Bertz CT molecular complexity index is 1160. The van der Waals surface area contributed by atoms with Crippen LogP contribution in [-0.4, -0.2) is 65.1 Å². The van der Waals surface area contributed by atoms with Crippen LogP contribution in [0.3, 0.4) is 0 Å². The van der Waals surface area contributed by atoms with Gasteiger partial charge in [-0.3, -0.25) is 4.90 Å². The van der Waals surface area contributed by atoms with Gasteiger partial charge < -0.3 is 9.64 Å². The van der Waals surface area contributed by atoms with Crippen LogP contribution in [0.15, 0.2) is 36.5 Å². The molecule has 2 aliphatic heterocycles. The molecule has 0 bridgehead atoms. The zero-order valence-corrected chi connectivity index (χ0v) is 17.5. The molecular formula is C24H26FN5O. The minimum atomic E-state index is -0.457. The molecule has 1 spiro atoms. The smallest absolute Gasteiger partial charge is 0.216 e. The lowest BCUT2D eigenvalue weighted by atomic mass is 10.1. The highest BCUT2D eigenvalue weighted by Crippen LogP contribution is 2.75. The molecule has 0 radical (unpaired) electrons. The summed E-state index contributed by atoms with van der Waals surface area (Å²) in [5.74, 6) is 0.932. The molecule has 3 aromatic rings. The van der Waals surface area contributed by atoms with Crippen molar-refractivity contribution in [1.29, 1.82) is 0 Å². The maximum atomic E-state index is 14.6. The van der Waals surface area contributed by atoms with Crippen molar-refractivity contribution in [2.24, 2.45) is 5.41 Å². The number of benzene rings is 1. The van der Waals surface area contributed by atoms with Gasteiger partial charge in [0.25, 0.3) is 0 Å². The van der Waals surface area contributed by atoms with E-state index in [1.165, 1.54) is 30.9 Å². The Hall–Kier alpha value is -2.51. The van der Waals surface area contributed by atoms with Gasteiger partial charge in [0.1, 0.15) is 5.82 Å². The Balaban J connectivity index is 1.19. The largest absolute Gasteiger partial charge is 0.378 e. The van der Waals surface area contributed by atoms with Crippen molar-refractivity contribution in [3.63, 3.8) is 0 Å². The summed E-state index contributed by atoms with van der Waals surface area (Å²) in [5.41, 5.74) is 3.80. The van der Waals surface area contributed by atoms with Crippen molar-refractivity contribution >= 4 is 16.7 Å². The molecule has 2 aromatic heterocycles. The lowest BCUT2D eigenvalue weighted by Crippen LogP contribution is -2.56. The number of pyridine rings is 1. The number of nitrogens with zero attached hydrogens (tertiary/aromatic N) is 5. The Labute approximate surface area is 180 Å². The fourth-order valence-corrected chi connectivity index (χ4v) is 5.49. The SMILES string of the molecule is Fc1cc(-n2ncc3ccc(C4CC45CC5)cc32)cc(N2CCN(C3COC3)CC2)n1. The van der Waals surface area contributed by atoms with E-state index in [4.69, 9.17) is 4.74 Å². The normalized spacial score (nSPS) is 25.2. The van der Waals surface area contributed by atoms with E-state index < -0.39 is 5.95 Å². The first-order chi connectivity index (χ1) is 15.2. The van der Waals surface area contributed by atoms with Gasteiger partial charge in [-0.05, 0) is 42.2 Å². The van der Waals surface area contributed by atoms with Crippen LogP contribution in [0.2, 0.25) is 0 Å². The maximum absolute atomic E-state index is 14.6. The number of halogens is 1. The zero-order chi connectivity index (χ0) is 20.6. The van der Waals surface area contributed by atoms with Crippen LogP contribution in [0.4, 0.5) is 10.2 Å². The van der Waals surface area contributed by atoms with Gasteiger partial charge in [0.15, 0.2) is 0 Å². The third kappa shape index (κ3) is 2.97. The average molecular weight is 420 g/mol. The second-order valence-electron chi connectivity index (χ2n) is 9.71. The van der Waals surface area contributed by atoms with Crippen LogP contribution < -0.4 is 4.90 Å². The van der Waals surface area contributed by atoms with Gasteiger partial charge in [0.2, 0.25) is 5.95 Å². The average Bonchev–Trinajstić information content (AvgIpc) is 3.64. The van der Waals surface area contributed by atoms with Crippen molar-refractivity contribution in [3.05, 3.63) is 48.0 Å². The number of hydrogen-bond acceptors (Lipinski definition) is 5. The molecule has 2 saturated heterocycles. The summed E-state index contributed by atoms with van der Waals surface area (Å²) in [4.78, 5) is 8.86. The summed E-state index contributed by atoms with van der Waals surface area (Å²) < 4.78 is 21.8. The van der Waals surface area contributed by atoms with Crippen molar-refractivity contribution in [2.75, 3.05) is 44.3 Å². The summed E-state index contributed by atoms with van der Waals surface area (Å²) in [5, 5.41) is 5.69. The van der Waals surface area contributed by atoms with E-state index in [0.717, 1.165) is 56.0 Å². The van der Waals surface area contributed by atoms with Gasteiger partial charge in [0, 0.05) is 43.7 Å². The van der Waals surface area contributed by atoms with Crippen molar-refractivity contribution in [3.8, 4) is 5.69 Å². The number of fused-ring (bicyclic) bond motifs is 1. The van der Waals surface area contributed by atoms with E-state index in [2.05, 4.69) is 38.1 Å². The Morgan fingerprint density at radius 2 is 1.87 bits per heavy atom. The van der Waals surface area contributed by atoms with E-state index in [9.17, 15) is 4.39 Å². The molecule has 6 nitrogen and oxygen atoms in total. The Kier molecular flexibility index (Phi) is 3.79. The van der Waals surface area contributed by atoms with Crippen LogP contribution >= 0.6 is 0 Å². The maximum Gasteiger partial charge on any atom is 0.216 e. The third-order valence-electron chi connectivity index (χ3n) is 7.86. The van der Waals surface area contributed by atoms with Crippen LogP contribution in [0.25, 0.3) is 16.6 Å². The lowest BCUT2D eigenvalue weighted by molar-refractivity contribution is -0.0661. The number of piperazine rings is 1. The fourth-order valence-electron chi connectivity index (χ4n) is 5.49. The monoisotopic (exact) mass is 419 g/mol. The van der Waals surface area contributed by atoms with Crippen molar-refractivity contribution in [1.82, 2.24) is 19.7 Å². The topological polar surface area (TPSA) is 46.4 Å². The highest BCUT2D eigenvalue weighted by Gasteiger charge is 2.62. The van der Waals surface area contributed by atoms with E-state index >= 15 is 0 Å². The van der Waals surface area contributed by atoms with Gasteiger partial charge in [0.05, 0.1) is 36.7 Å². The van der Waals surface area contributed by atoms with Gasteiger partial charge in [-0.1, -0.05) is 12.1 Å². The quantitative estimate of drug-likeness (QED) is 0.607. The van der Waals surface area contributed by atoms with Crippen LogP contribution in [0.5, 0.6) is 0 Å². The summed E-state index contributed by atoms with van der Waals surface area (Å²) in [6.45, 7) is 5.27. The number of hydrogen-bond donors (Lipinski definition) is 0. The minimum Gasteiger partial charge on any atom is -0.378 e. The molecule has 0 amide bonds. The van der Waals surface area contributed by atoms with Crippen molar-refractivity contribution in [2.45, 2.75) is 31.2 Å². The van der Waals surface area contributed by atoms with Crippen LogP contribution in [0.1, 0.15) is 30.7 Å². The number of ether oxygens (including phenoxy) is 1. The molecule has 7 heteroatoms. The molecular weight excluding hydrogens is 393 g/mol. The molecule has 1 atom stereocenters. The first-order valence-corrected chi connectivity index (χ1v) is 11.4. The molecule has 1 unspecified atom stereocenters. The predicted octanol–water partition coefficient (Wildman–Crippen LogP) is 3.35. The highest BCUT2D eigenvalue weighted by molar-refractivity contribution is 5.81. The van der Waals surface area contributed by atoms with Gasteiger partial charge in [-0.2, -0.15) is 9.49 Å². The zero-order valence-electron chi connectivity index (χ0n) is 17.5. The predicted molar refractivity (Wildman–Crippen MR) is 116 cm³/mol. The molecule has 160 valence electrons. The summed E-state index contributed by atoms with van der Waals surface area (Å²) >= 11 is 0. The lowest BCUT2D eigenvalue weighted by Gasteiger charge is -2.42. The van der Waals surface area contributed by atoms with Gasteiger partial charge in [-0.25, -0.2) is 9.67 Å².